The molecule has 0 fully saturated rings. The Morgan fingerprint density at radius 2 is 2.16 bits per heavy atom. The lowest BCUT2D eigenvalue weighted by atomic mass is 10.2. The summed E-state index contributed by atoms with van der Waals surface area (Å²) in [5.41, 5.74) is -0.0694. The molecule has 0 saturated carbocycles. The number of nitrogens with zero attached hydrogens (tertiary/aromatic N) is 3. The lowest BCUT2D eigenvalue weighted by molar-refractivity contribution is 0.366. The lowest BCUT2D eigenvalue weighted by Gasteiger charge is -2.09. The Morgan fingerprint density at radius 1 is 1.37 bits per heavy atom. The standard InChI is InChI=1S/C12H7ClFN3O2/c1-18-10-11(13)16-6-17-12(10)19-8-3-2-7(5-15)9(14)4-8/h2-4,6H,1H3. The number of halogens is 2. The summed E-state index contributed by atoms with van der Waals surface area (Å²) in [6.07, 6.45) is 1.19. The zero-order valence-corrected chi connectivity index (χ0v) is 10.5. The van der Waals surface area contributed by atoms with Crippen molar-refractivity contribution < 1.29 is 13.9 Å². The number of hydrogen-bond donors (Lipinski definition) is 0. The van der Waals surface area contributed by atoms with E-state index in [2.05, 4.69) is 9.97 Å². The minimum absolute atomic E-state index is 0.0617. The molecule has 1 aromatic carbocycles. The molecule has 0 aliphatic carbocycles. The van der Waals surface area contributed by atoms with E-state index in [0.29, 0.717) is 0 Å². The van der Waals surface area contributed by atoms with Crippen molar-refractivity contribution in [3.63, 3.8) is 0 Å². The predicted octanol–water partition coefficient (Wildman–Crippen LogP) is 2.94. The van der Waals surface area contributed by atoms with Crippen molar-refractivity contribution in [1.29, 1.82) is 5.26 Å². The largest absolute Gasteiger partial charge is 0.489 e. The Hall–Kier alpha value is -2.39. The summed E-state index contributed by atoms with van der Waals surface area (Å²) in [5, 5.41) is 8.71. The fraction of sp³-hybridized carbons (Fsp3) is 0.0833. The molecular formula is C12H7ClFN3O2. The van der Waals surface area contributed by atoms with E-state index in [1.54, 1.807) is 6.07 Å². The van der Waals surface area contributed by atoms with Gasteiger partial charge < -0.3 is 9.47 Å². The number of methoxy groups -OCH3 is 1. The van der Waals surface area contributed by atoms with Gasteiger partial charge in [-0.25, -0.2) is 9.37 Å². The minimum Gasteiger partial charge on any atom is -0.489 e. The van der Waals surface area contributed by atoms with Crippen LogP contribution in [0.3, 0.4) is 0 Å². The van der Waals surface area contributed by atoms with Crippen LogP contribution >= 0.6 is 11.6 Å². The number of hydrogen-bond acceptors (Lipinski definition) is 5. The van der Waals surface area contributed by atoms with Gasteiger partial charge in [-0.2, -0.15) is 10.2 Å². The van der Waals surface area contributed by atoms with E-state index >= 15 is 0 Å². The van der Waals surface area contributed by atoms with Gasteiger partial charge in [-0.15, -0.1) is 0 Å². The van der Waals surface area contributed by atoms with Gasteiger partial charge in [0.1, 0.15) is 24.0 Å². The topological polar surface area (TPSA) is 68.0 Å². The molecule has 19 heavy (non-hydrogen) atoms. The molecule has 7 heteroatoms. The highest BCUT2D eigenvalue weighted by Crippen LogP contribution is 2.33. The van der Waals surface area contributed by atoms with E-state index in [9.17, 15) is 4.39 Å². The molecule has 0 aliphatic rings. The van der Waals surface area contributed by atoms with Crippen LogP contribution in [-0.2, 0) is 0 Å². The SMILES string of the molecule is COc1c(Cl)ncnc1Oc1ccc(C#N)c(F)c1. The molecule has 1 aromatic heterocycles. The second-order valence-corrected chi connectivity index (χ2v) is 3.72. The van der Waals surface area contributed by atoms with Gasteiger partial charge in [0.25, 0.3) is 5.88 Å². The number of benzene rings is 1. The zero-order valence-electron chi connectivity index (χ0n) is 9.72. The molecular weight excluding hydrogens is 273 g/mol. The first kappa shape index (κ1) is 13.1. The van der Waals surface area contributed by atoms with Crippen molar-refractivity contribution in [3.8, 4) is 23.4 Å². The Bertz CT molecular complexity index is 658. The van der Waals surface area contributed by atoms with Gasteiger partial charge in [0.2, 0.25) is 5.75 Å². The van der Waals surface area contributed by atoms with Gasteiger partial charge in [-0.1, -0.05) is 11.6 Å². The quantitative estimate of drug-likeness (QED) is 0.808. The van der Waals surface area contributed by atoms with Crippen LogP contribution in [0, 0.1) is 17.1 Å². The van der Waals surface area contributed by atoms with Gasteiger partial charge in [0.15, 0.2) is 5.15 Å². The van der Waals surface area contributed by atoms with Crippen LogP contribution in [0.5, 0.6) is 17.4 Å². The fourth-order valence-electron chi connectivity index (χ4n) is 1.34. The van der Waals surface area contributed by atoms with Crippen LogP contribution in [0.2, 0.25) is 5.15 Å². The maximum Gasteiger partial charge on any atom is 0.267 e. The Labute approximate surface area is 113 Å². The highest BCUT2D eigenvalue weighted by Gasteiger charge is 2.13. The van der Waals surface area contributed by atoms with Gasteiger partial charge in [0, 0.05) is 6.07 Å². The van der Waals surface area contributed by atoms with Crippen molar-refractivity contribution in [2.45, 2.75) is 0 Å². The molecule has 96 valence electrons. The molecule has 0 spiro atoms. The summed E-state index contributed by atoms with van der Waals surface area (Å²) in [6, 6.07) is 5.54. The van der Waals surface area contributed by atoms with Gasteiger partial charge in [0.05, 0.1) is 12.7 Å². The highest BCUT2D eigenvalue weighted by molar-refractivity contribution is 6.31. The first-order valence-electron chi connectivity index (χ1n) is 5.07. The summed E-state index contributed by atoms with van der Waals surface area (Å²) in [7, 11) is 1.39. The Balaban J connectivity index is 2.34. The molecule has 2 aromatic rings. The number of aromatic nitrogens is 2. The summed E-state index contributed by atoms with van der Waals surface area (Å²) in [6.45, 7) is 0. The van der Waals surface area contributed by atoms with Crippen LogP contribution in [0.4, 0.5) is 4.39 Å². The molecule has 0 atom stereocenters. The molecule has 0 saturated heterocycles. The maximum atomic E-state index is 13.4. The molecule has 1 heterocycles. The number of nitriles is 1. The molecule has 0 aliphatic heterocycles. The third-order valence-corrected chi connectivity index (χ3v) is 2.48. The summed E-state index contributed by atoms with van der Waals surface area (Å²) >= 11 is 5.80. The molecule has 5 nitrogen and oxygen atoms in total. The molecule has 0 bridgehead atoms. The Morgan fingerprint density at radius 3 is 2.79 bits per heavy atom. The minimum atomic E-state index is -0.681. The van der Waals surface area contributed by atoms with E-state index in [4.69, 9.17) is 26.3 Å². The van der Waals surface area contributed by atoms with Crippen molar-refractivity contribution >= 4 is 11.6 Å². The van der Waals surface area contributed by atoms with E-state index in [-0.39, 0.29) is 28.1 Å². The smallest absolute Gasteiger partial charge is 0.267 e. The summed E-state index contributed by atoms with van der Waals surface area (Å²) < 4.78 is 23.8. The normalized spacial score (nSPS) is 9.79. The number of rotatable bonds is 3. The van der Waals surface area contributed by atoms with Crippen LogP contribution in [0.1, 0.15) is 5.56 Å². The highest BCUT2D eigenvalue weighted by atomic mass is 35.5. The molecule has 2 rings (SSSR count). The van der Waals surface area contributed by atoms with Crippen LogP contribution in [-0.4, -0.2) is 17.1 Å². The molecule has 0 unspecified atom stereocenters. The predicted molar refractivity (Wildman–Crippen MR) is 64.8 cm³/mol. The van der Waals surface area contributed by atoms with E-state index in [1.807, 2.05) is 0 Å². The van der Waals surface area contributed by atoms with Crippen LogP contribution < -0.4 is 9.47 Å². The van der Waals surface area contributed by atoms with Crippen molar-refractivity contribution in [1.82, 2.24) is 9.97 Å². The average molecular weight is 280 g/mol. The van der Waals surface area contributed by atoms with Gasteiger partial charge in [-0.3, -0.25) is 0 Å². The number of ether oxygens (including phenoxy) is 2. The van der Waals surface area contributed by atoms with Gasteiger partial charge >= 0.3 is 0 Å². The van der Waals surface area contributed by atoms with Crippen molar-refractivity contribution in [2.75, 3.05) is 7.11 Å². The third-order valence-electron chi connectivity index (χ3n) is 2.21. The molecule has 0 radical (unpaired) electrons. The van der Waals surface area contributed by atoms with Crippen LogP contribution in [0.15, 0.2) is 24.5 Å². The molecule has 0 N–H and O–H groups in total. The summed E-state index contributed by atoms with van der Waals surface area (Å²) in [5.74, 6) is -0.302. The van der Waals surface area contributed by atoms with Crippen LogP contribution in [0.25, 0.3) is 0 Å². The van der Waals surface area contributed by atoms with Crippen molar-refractivity contribution in [3.05, 3.63) is 41.1 Å². The van der Waals surface area contributed by atoms with E-state index in [1.165, 1.54) is 25.6 Å². The second kappa shape index (κ2) is 5.50. The monoisotopic (exact) mass is 279 g/mol. The first-order chi connectivity index (χ1) is 9.15. The zero-order chi connectivity index (χ0) is 13.8. The average Bonchev–Trinajstić information content (AvgIpc) is 2.39. The first-order valence-corrected chi connectivity index (χ1v) is 5.45. The second-order valence-electron chi connectivity index (χ2n) is 3.36. The maximum absolute atomic E-state index is 13.4. The van der Waals surface area contributed by atoms with Crippen molar-refractivity contribution in [2.24, 2.45) is 0 Å². The summed E-state index contributed by atoms with van der Waals surface area (Å²) in [4.78, 5) is 7.58. The third kappa shape index (κ3) is 2.72. The lowest BCUT2D eigenvalue weighted by Crippen LogP contribution is -1.96. The molecule has 0 amide bonds. The Kier molecular flexibility index (Phi) is 3.78. The van der Waals surface area contributed by atoms with E-state index in [0.717, 1.165) is 6.07 Å². The fourth-order valence-corrected chi connectivity index (χ4v) is 1.54. The van der Waals surface area contributed by atoms with Gasteiger partial charge in [-0.05, 0) is 12.1 Å². The van der Waals surface area contributed by atoms with E-state index < -0.39 is 5.82 Å².